The Morgan fingerprint density at radius 1 is 1.44 bits per heavy atom. The molecule has 0 unspecified atom stereocenters. The molecule has 1 amide bonds. The average Bonchev–Trinajstić information content (AvgIpc) is 2.81. The second kappa shape index (κ2) is 5.23. The summed E-state index contributed by atoms with van der Waals surface area (Å²) in [7, 11) is 0. The van der Waals surface area contributed by atoms with Gasteiger partial charge in [0.05, 0.1) is 5.56 Å². The molecule has 1 N–H and O–H groups in total. The van der Waals surface area contributed by atoms with Crippen molar-refractivity contribution in [2.24, 2.45) is 0 Å². The van der Waals surface area contributed by atoms with E-state index >= 15 is 0 Å². The van der Waals surface area contributed by atoms with Crippen molar-refractivity contribution >= 4 is 22.4 Å². The van der Waals surface area contributed by atoms with Crippen LogP contribution in [0.25, 0.3) is 0 Å². The van der Waals surface area contributed by atoms with Gasteiger partial charge in [-0.1, -0.05) is 12.1 Å². The maximum atomic E-state index is 11.9. The number of hydrogen-bond donors (Lipinski definition) is 1. The molecule has 1 aromatic carbocycles. The number of thiazole rings is 1. The first kappa shape index (κ1) is 12.0. The summed E-state index contributed by atoms with van der Waals surface area (Å²) in [6.45, 7) is 0. The molecule has 92 valence electrons. The molecule has 0 saturated heterocycles. The van der Waals surface area contributed by atoms with Crippen molar-refractivity contribution in [1.82, 2.24) is 4.98 Å². The van der Waals surface area contributed by atoms with Crippen LogP contribution in [0, 0.1) is 10.1 Å². The predicted molar refractivity (Wildman–Crippen MR) is 64.1 cm³/mol. The number of nitrogens with zero attached hydrogens (tertiary/aromatic N) is 2. The van der Waals surface area contributed by atoms with E-state index in [1.54, 1.807) is 23.7 Å². The second-order valence-electron chi connectivity index (χ2n) is 3.10. The molecule has 0 bridgehead atoms. The zero-order valence-electron chi connectivity index (χ0n) is 8.90. The Balaban J connectivity index is 2.21. The first-order valence-electron chi connectivity index (χ1n) is 4.79. The Bertz CT molecular complexity index is 570. The highest BCUT2D eigenvalue weighted by Gasteiger charge is 2.14. The number of para-hydroxylation sites is 1. The topological polar surface area (TPSA) is 94.4 Å². The van der Waals surface area contributed by atoms with Crippen LogP contribution in [0.15, 0.2) is 35.8 Å². The molecular formula is C10H7N3O4S. The van der Waals surface area contributed by atoms with Gasteiger partial charge < -0.3 is 0 Å². The highest BCUT2D eigenvalue weighted by molar-refractivity contribution is 7.13. The number of nitrogens with one attached hydrogen (secondary N) is 1. The maximum Gasteiger partial charge on any atom is 0.299 e. The summed E-state index contributed by atoms with van der Waals surface area (Å²) >= 11 is 1.25. The van der Waals surface area contributed by atoms with Crippen LogP contribution in [-0.4, -0.2) is 16.0 Å². The van der Waals surface area contributed by atoms with Gasteiger partial charge in [0.2, 0.25) is 0 Å². The van der Waals surface area contributed by atoms with Gasteiger partial charge in [-0.25, -0.2) is 4.98 Å². The van der Waals surface area contributed by atoms with Gasteiger partial charge in [-0.2, -0.15) is 0 Å². The minimum absolute atomic E-state index is 0.0735. The van der Waals surface area contributed by atoms with Crippen LogP contribution in [0.3, 0.4) is 0 Å². The summed E-state index contributed by atoms with van der Waals surface area (Å²) in [6.07, 6.45) is 1.54. The van der Waals surface area contributed by atoms with E-state index in [4.69, 9.17) is 0 Å². The molecule has 0 fully saturated rings. The molecule has 0 aliphatic carbocycles. The Kier molecular flexibility index (Phi) is 3.49. The van der Waals surface area contributed by atoms with Crippen LogP contribution < -0.4 is 10.2 Å². The van der Waals surface area contributed by atoms with E-state index in [2.05, 4.69) is 15.1 Å². The van der Waals surface area contributed by atoms with Crippen LogP contribution in [0.1, 0.15) is 10.4 Å². The third-order valence-electron chi connectivity index (χ3n) is 1.96. The molecule has 2 rings (SSSR count). The third kappa shape index (κ3) is 2.80. The molecule has 7 nitrogen and oxygen atoms in total. The number of amides is 1. The summed E-state index contributed by atoms with van der Waals surface area (Å²) in [5.41, 5.74) is 0.0735. The van der Waals surface area contributed by atoms with Gasteiger partial charge in [0.25, 0.3) is 11.0 Å². The molecule has 2 aromatic rings. The van der Waals surface area contributed by atoms with Crippen molar-refractivity contribution in [3.8, 4) is 5.75 Å². The lowest BCUT2D eigenvalue weighted by molar-refractivity contribution is -0.711. The van der Waals surface area contributed by atoms with Crippen LogP contribution in [-0.2, 0) is 0 Å². The molecule has 0 saturated carbocycles. The van der Waals surface area contributed by atoms with Crippen molar-refractivity contribution < 1.29 is 14.7 Å². The normalized spacial score (nSPS) is 9.78. The molecule has 0 aliphatic heterocycles. The molecule has 0 atom stereocenters. The summed E-state index contributed by atoms with van der Waals surface area (Å²) in [6, 6.07) is 5.91. The fourth-order valence-corrected chi connectivity index (χ4v) is 1.79. The third-order valence-corrected chi connectivity index (χ3v) is 2.65. The second-order valence-corrected chi connectivity index (χ2v) is 4.00. The molecule has 0 radical (unpaired) electrons. The largest absolute Gasteiger partial charge is 0.299 e. The van der Waals surface area contributed by atoms with Gasteiger partial charge in [-0.15, -0.1) is 21.5 Å². The Labute approximate surface area is 105 Å². The van der Waals surface area contributed by atoms with Gasteiger partial charge in [-0.05, 0) is 12.1 Å². The fourth-order valence-electron chi connectivity index (χ4n) is 1.26. The van der Waals surface area contributed by atoms with Crippen LogP contribution in [0.2, 0.25) is 0 Å². The van der Waals surface area contributed by atoms with Gasteiger partial charge in [-0.3, -0.25) is 14.9 Å². The predicted octanol–water partition coefficient (Wildman–Crippen LogP) is 1.97. The zero-order valence-corrected chi connectivity index (χ0v) is 9.72. The smallest absolute Gasteiger partial charge is 0.298 e. The lowest BCUT2D eigenvalue weighted by Gasteiger charge is -2.06. The number of carbonyl (C=O) groups is 1. The van der Waals surface area contributed by atoms with Crippen molar-refractivity contribution in [3.63, 3.8) is 0 Å². The average molecular weight is 265 g/mol. The number of carbonyl (C=O) groups excluding carboxylic acids is 1. The molecule has 1 heterocycles. The number of benzene rings is 1. The van der Waals surface area contributed by atoms with Crippen LogP contribution in [0.5, 0.6) is 5.75 Å². The lowest BCUT2D eigenvalue weighted by Crippen LogP contribution is -2.15. The van der Waals surface area contributed by atoms with Gasteiger partial charge in [0.15, 0.2) is 5.13 Å². The highest BCUT2D eigenvalue weighted by Crippen LogP contribution is 2.20. The number of anilines is 1. The number of rotatable bonds is 4. The monoisotopic (exact) mass is 265 g/mol. The van der Waals surface area contributed by atoms with E-state index in [0.29, 0.717) is 5.13 Å². The molecule has 0 aliphatic rings. The first-order valence-corrected chi connectivity index (χ1v) is 5.67. The summed E-state index contributed by atoms with van der Waals surface area (Å²) in [5.74, 6) is -0.626. The van der Waals surface area contributed by atoms with Gasteiger partial charge in [0, 0.05) is 11.6 Å². The quantitative estimate of drug-likeness (QED) is 0.673. The van der Waals surface area contributed by atoms with E-state index in [1.165, 1.54) is 23.5 Å². The summed E-state index contributed by atoms with van der Waals surface area (Å²) in [5, 5.41) is 14.0. The van der Waals surface area contributed by atoms with E-state index in [9.17, 15) is 14.9 Å². The highest BCUT2D eigenvalue weighted by atomic mass is 32.1. The van der Waals surface area contributed by atoms with E-state index in [-0.39, 0.29) is 11.3 Å². The minimum Gasteiger partial charge on any atom is -0.298 e. The first-order chi connectivity index (χ1) is 8.66. The van der Waals surface area contributed by atoms with Crippen molar-refractivity contribution in [2.45, 2.75) is 0 Å². The maximum absolute atomic E-state index is 11.9. The molecular weight excluding hydrogens is 258 g/mol. The Morgan fingerprint density at radius 3 is 2.89 bits per heavy atom. The molecule has 18 heavy (non-hydrogen) atoms. The van der Waals surface area contributed by atoms with Crippen molar-refractivity contribution in [1.29, 1.82) is 0 Å². The van der Waals surface area contributed by atoms with Crippen LogP contribution >= 0.6 is 11.3 Å². The van der Waals surface area contributed by atoms with Crippen molar-refractivity contribution in [3.05, 3.63) is 51.5 Å². The summed E-state index contributed by atoms with van der Waals surface area (Å²) in [4.78, 5) is 30.4. The molecule has 8 heteroatoms. The van der Waals surface area contributed by atoms with E-state index in [0.717, 1.165) is 0 Å². The fraction of sp³-hybridized carbons (Fsp3) is 0. The van der Waals surface area contributed by atoms with Gasteiger partial charge in [0.1, 0.15) is 5.75 Å². The van der Waals surface area contributed by atoms with Gasteiger partial charge >= 0.3 is 0 Å². The molecule has 0 spiro atoms. The Morgan fingerprint density at radius 2 is 2.22 bits per heavy atom. The summed E-state index contributed by atoms with van der Waals surface area (Å²) < 4.78 is 0. The van der Waals surface area contributed by atoms with Crippen LogP contribution in [0.4, 0.5) is 5.13 Å². The SMILES string of the molecule is O=C(Nc1nccs1)c1ccccc1O[N+](=O)[O-]. The standard InChI is InChI=1S/C10H7N3O4S/c14-9(12-10-11-5-6-18-10)7-3-1-2-4-8(7)17-13(15)16/h1-6H,(H,11,12,14). The Hall–Kier alpha value is -2.48. The minimum atomic E-state index is -0.963. The zero-order chi connectivity index (χ0) is 13.0. The number of hydrogen-bond acceptors (Lipinski definition) is 6. The van der Waals surface area contributed by atoms with Crippen molar-refractivity contribution in [2.75, 3.05) is 5.32 Å². The molecule has 1 aromatic heterocycles. The van der Waals surface area contributed by atoms with E-state index < -0.39 is 11.0 Å². The van der Waals surface area contributed by atoms with E-state index in [1.807, 2.05) is 0 Å². The lowest BCUT2D eigenvalue weighted by atomic mass is 10.2. The number of aromatic nitrogens is 1.